The van der Waals surface area contributed by atoms with Crippen LogP contribution in [0.3, 0.4) is 0 Å². The predicted octanol–water partition coefficient (Wildman–Crippen LogP) is 1.68. The standard InChI is InChI=1S/C13H12BrNO4/c1-7(17)10-11(8-2-4-9(14)5-3-8)15(6-16)13(19)12(10)18/h2-5,11,16,18H,6H2,1H3/t11-/m0/s1. The van der Waals surface area contributed by atoms with Gasteiger partial charge in [0.1, 0.15) is 6.73 Å². The van der Waals surface area contributed by atoms with Gasteiger partial charge in [-0.3, -0.25) is 9.59 Å². The number of benzene rings is 1. The van der Waals surface area contributed by atoms with E-state index >= 15 is 0 Å². The summed E-state index contributed by atoms with van der Waals surface area (Å²) in [4.78, 5) is 24.5. The molecule has 1 aromatic carbocycles. The molecule has 6 heteroatoms. The van der Waals surface area contributed by atoms with Gasteiger partial charge in [-0.15, -0.1) is 0 Å². The smallest absolute Gasteiger partial charge is 0.291 e. The molecule has 0 saturated carbocycles. The largest absolute Gasteiger partial charge is 0.503 e. The zero-order valence-electron chi connectivity index (χ0n) is 10.1. The number of aliphatic hydroxyl groups excluding tert-OH is 2. The Kier molecular flexibility index (Phi) is 3.73. The average molecular weight is 326 g/mol. The molecule has 1 atom stereocenters. The molecule has 19 heavy (non-hydrogen) atoms. The maximum Gasteiger partial charge on any atom is 0.291 e. The summed E-state index contributed by atoms with van der Waals surface area (Å²) in [5.74, 6) is -1.72. The Morgan fingerprint density at radius 2 is 1.95 bits per heavy atom. The van der Waals surface area contributed by atoms with E-state index in [4.69, 9.17) is 0 Å². The summed E-state index contributed by atoms with van der Waals surface area (Å²) in [5, 5.41) is 19.0. The monoisotopic (exact) mass is 325 g/mol. The fourth-order valence-electron chi connectivity index (χ4n) is 2.15. The number of carbonyl (C=O) groups is 2. The summed E-state index contributed by atoms with van der Waals surface area (Å²) in [6, 6.07) is 6.24. The maximum absolute atomic E-state index is 11.8. The summed E-state index contributed by atoms with van der Waals surface area (Å²) in [6.07, 6.45) is 0. The van der Waals surface area contributed by atoms with E-state index in [1.807, 2.05) is 0 Å². The molecule has 2 rings (SSSR count). The molecule has 0 fully saturated rings. The van der Waals surface area contributed by atoms with E-state index in [0.29, 0.717) is 5.56 Å². The van der Waals surface area contributed by atoms with Crippen molar-refractivity contribution in [3.63, 3.8) is 0 Å². The third kappa shape index (κ3) is 2.29. The van der Waals surface area contributed by atoms with Crippen molar-refractivity contribution in [2.45, 2.75) is 13.0 Å². The summed E-state index contributed by atoms with van der Waals surface area (Å²) >= 11 is 3.30. The van der Waals surface area contributed by atoms with Crippen molar-refractivity contribution in [1.82, 2.24) is 4.90 Å². The van der Waals surface area contributed by atoms with Crippen LogP contribution in [0.4, 0.5) is 0 Å². The number of nitrogens with zero attached hydrogens (tertiary/aromatic N) is 1. The molecule has 1 amide bonds. The quantitative estimate of drug-likeness (QED) is 0.886. The highest BCUT2D eigenvalue weighted by Crippen LogP contribution is 2.37. The van der Waals surface area contributed by atoms with E-state index in [-0.39, 0.29) is 5.57 Å². The molecular formula is C13H12BrNO4. The second kappa shape index (κ2) is 5.14. The number of hydrogen-bond acceptors (Lipinski definition) is 4. The summed E-state index contributed by atoms with van der Waals surface area (Å²) in [5.41, 5.74) is 0.668. The van der Waals surface area contributed by atoms with Gasteiger partial charge in [-0.05, 0) is 24.6 Å². The summed E-state index contributed by atoms with van der Waals surface area (Å²) in [7, 11) is 0. The van der Waals surface area contributed by atoms with Crippen LogP contribution in [0.15, 0.2) is 40.1 Å². The van der Waals surface area contributed by atoms with Crippen molar-refractivity contribution in [2.75, 3.05) is 6.73 Å². The molecule has 0 unspecified atom stereocenters. The molecule has 100 valence electrons. The maximum atomic E-state index is 11.8. The number of aliphatic hydroxyl groups is 2. The minimum Gasteiger partial charge on any atom is -0.503 e. The zero-order valence-corrected chi connectivity index (χ0v) is 11.7. The molecule has 0 aliphatic carbocycles. The molecular weight excluding hydrogens is 314 g/mol. The first kappa shape index (κ1) is 13.8. The van der Waals surface area contributed by atoms with Crippen molar-refractivity contribution in [3.8, 4) is 0 Å². The molecule has 0 saturated heterocycles. The highest BCUT2D eigenvalue weighted by atomic mass is 79.9. The van der Waals surface area contributed by atoms with Gasteiger partial charge in [0.15, 0.2) is 11.5 Å². The fourth-order valence-corrected chi connectivity index (χ4v) is 2.41. The summed E-state index contributed by atoms with van der Waals surface area (Å²) in [6.45, 7) is 0.714. The van der Waals surface area contributed by atoms with Gasteiger partial charge in [0, 0.05) is 4.47 Å². The minimum absolute atomic E-state index is 0.0152. The third-order valence-electron chi connectivity index (χ3n) is 3.02. The molecule has 1 aliphatic rings. The number of ketones is 1. The van der Waals surface area contributed by atoms with Gasteiger partial charge in [-0.25, -0.2) is 0 Å². The highest BCUT2D eigenvalue weighted by Gasteiger charge is 2.41. The number of halogens is 1. The van der Waals surface area contributed by atoms with Crippen molar-refractivity contribution in [2.24, 2.45) is 0 Å². The lowest BCUT2D eigenvalue weighted by molar-refractivity contribution is -0.133. The molecule has 0 bridgehead atoms. The highest BCUT2D eigenvalue weighted by molar-refractivity contribution is 9.10. The number of amides is 1. The Bertz CT molecular complexity index is 565. The van der Waals surface area contributed by atoms with Crippen molar-refractivity contribution >= 4 is 27.6 Å². The van der Waals surface area contributed by atoms with E-state index in [1.54, 1.807) is 24.3 Å². The molecule has 1 heterocycles. The van der Waals surface area contributed by atoms with Gasteiger partial charge in [-0.1, -0.05) is 28.1 Å². The Balaban J connectivity index is 2.54. The van der Waals surface area contributed by atoms with Crippen LogP contribution in [0.2, 0.25) is 0 Å². The van der Waals surface area contributed by atoms with E-state index in [1.165, 1.54) is 6.92 Å². The minimum atomic E-state index is -0.747. The van der Waals surface area contributed by atoms with Crippen LogP contribution in [0.25, 0.3) is 0 Å². The van der Waals surface area contributed by atoms with Gasteiger partial charge >= 0.3 is 0 Å². The van der Waals surface area contributed by atoms with Crippen LogP contribution in [0.5, 0.6) is 0 Å². The van der Waals surface area contributed by atoms with E-state index < -0.39 is 30.2 Å². The average Bonchev–Trinajstić information content (AvgIpc) is 2.63. The molecule has 0 spiro atoms. The number of Topliss-reactive ketones (excluding diaryl/α,β-unsaturated/α-hetero) is 1. The van der Waals surface area contributed by atoms with Crippen LogP contribution >= 0.6 is 15.9 Å². The first-order valence-corrected chi connectivity index (χ1v) is 6.38. The van der Waals surface area contributed by atoms with Crippen molar-refractivity contribution in [3.05, 3.63) is 45.6 Å². The van der Waals surface area contributed by atoms with Crippen LogP contribution in [0.1, 0.15) is 18.5 Å². The van der Waals surface area contributed by atoms with Gasteiger partial charge < -0.3 is 15.1 Å². The predicted molar refractivity (Wildman–Crippen MR) is 71.2 cm³/mol. The molecule has 2 N–H and O–H groups in total. The van der Waals surface area contributed by atoms with Gasteiger partial charge in [0.2, 0.25) is 0 Å². The van der Waals surface area contributed by atoms with Crippen LogP contribution < -0.4 is 0 Å². The first-order valence-electron chi connectivity index (χ1n) is 5.58. The first-order chi connectivity index (χ1) is 8.97. The Labute approximate surface area is 118 Å². The zero-order chi connectivity index (χ0) is 14.2. The van der Waals surface area contributed by atoms with Crippen LogP contribution in [-0.4, -0.2) is 33.5 Å². The lowest BCUT2D eigenvalue weighted by Gasteiger charge is -2.24. The summed E-state index contributed by atoms with van der Waals surface area (Å²) < 4.78 is 0.855. The lowest BCUT2D eigenvalue weighted by Crippen LogP contribution is -2.31. The molecule has 1 aliphatic heterocycles. The van der Waals surface area contributed by atoms with Gasteiger partial charge in [0.25, 0.3) is 5.91 Å². The number of carbonyl (C=O) groups excluding carboxylic acids is 2. The van der Waals surface area contributed by atoms with E-state index in [0.717, 1.165) is 9.37 Å². The Morgan fingerprint density at radius 1 is 1.37 bits per heavy atom. The second-order valence-electron chi connectivity index (χ2n) is 4.19. The lowest BCUT2D eigenvalue weighted by atomic mass is 9.97. The second-order valence-corrected chi connectivity index (χ2v) is 5.10. The topological polar surface area (TPSA) is 77.8 Å². The SMILES string of the molecule is CC(=O)C1=C(O)C(=O)N(CO)[C@H]1c1ccc(Br)cc1. The van der Waals surface area contributed by atoms with Crippen molar-refractivity contribution < 1.29 is 19.8 Å². The molecule has 1 aromatic rings. The molecule has 0 radical (unpaired) electrons. The van der Waals surface area contributed by atoms with Crippen LogP contribution in [-0.2, 0) is 9.59 Å². The number of hydrogen-bond donors (Lipinski definition) is 2. The van der Waals surface area contributed by atoms with Gasteiger partial charge in [0.05, 0.1) is 11.6 Å². The Hall–Kier alpha value is -1.66. The third-order valence-corrected chi connectivity index (χ3v) is 3.55. The fraction of sp³-hybridized carbons (Fsp3) is 0.231. The number of rotatable bonds is 3. The van der Waals surface area contributed by atoms with Crippen LogP contribution in [0, 0.1) is 0 Å². The van der Waals surface area contributed by atoms with Crippen molar-refractivity contribution in [1.29, 1.82) is 0 Å². The molecule has 0 aromatic heterocycles. The Morgan fingerprint density at radius 3 is 2.42 bits per heavy atom. The van der Waals surface area contributed by atoms with Gasteiger partial charge in [-0.2, -0.15) is 0 Å². The normalized spacial score (nSPS) is 19.2. The van der Waals surface area contributed by atoms with E-state index in [2.05, 4.69) is 15.9 Å². The molecule has 5 nitrogen and oxygen atoms in total. The van der Waals surface area contributed by atoms with E-state index in [9.17, 15) is 19.8 Å².